The SMILES string of the molecule is CC(=O)N1CCN(C(=O)CCNC(=O)c2sccc2C)CC1. The van der Waals surface area contributed by atoms with E-state index in [0.717, 1.165) is 5.56 Å². The first-order valence-corrected chi connectivity index (χ1v) is 8.22. The summed E-state index contributed by atoms with van der Waals surface area (Å²) in [6, 6.07) is 1.90. The summed E-state index contributed by atoms with van der Waals surface area (Å²) in [6.07, 6.45) is 0.288. The van der Waals surface area contributed by atoms with Gasteiger partial charge < -0.3 is 15.1 Å². The van der Waals surface area contributed by atoms with E-state index in [9.17, 15) is 14.4 Å². The number of carbonyl (C=O) groups excluding carboxylic acids is 3. The lowest BCUT2D eigenvalue weighted by molar-refractivity contribution is -0.138. The maximum absolute atomic E-state index is 12.1. The summed E-state index contributed by atoms with van der Waals surface area (Å²) in [6.45, 7) is 6.07. The Hall–Kier alpha value is -1.89. The van der Waals surface area contributed by atoms with E-state index in [1.54, 1.807) is 16.7 Å². The summed E-state index contributed by atoms with van der Waals surface area (Å²) in [5.74, 6) is -0.0567. The third kappa shape index (κ3) is 4.07. The normalized spacial score (nSPS) is 14.8. The molecule has 2 heterocycles. The molecule has 1 aromatic heterocycles. The van der Waals surface area contributed by atoms with Crippen molar-refractivity contribution in [1.82, 2.24) is 15.1 Å². The fourth-order valence-corrected chi connectivity index (χ4v) is 3.24. The molecule has 0 aromatic carbocycles. The molecular weight excluding hydrogens is 302 g/mol. The van der Waals surface area contributed by atoms with Crippen molar-refractivity contribution in [3.63, 3.8) is 0 Å². The van der Waals surface area contributed by atoms with Crippen molar-refractivity contribution >= 4 is 29.1 Å². The monoisotopic (exact) mass is 323 g/mol. The Kier molecular flexibility index (Phi) is 5.54. The van der Waals surface area contributed by atoms with Crippen LogP contribution in [0.4, 0.5) is 0 Å². The van der Waals surface area contributed by atoms with Crippen LogP contribution in [-0.4, -0.2) is 60.2 Å². The second kappa shape index (κ2) is 7.40. The van der Waals surface area contributed by atoms with Gasteiger partial charge in [-0.3, -0.25) is 14.4 Å². The van der Waals surface area contributed by atoms with Gasteiger partial charge in [0.1, 0.15) is 0 Å². The van der Waals surface area contributed by atoms with Gasteiger partial charge in [-0.05, 0) is 23.9 Å². The molecule has 1 aliphatic heterocycles. The van der Waals surface area contributed by atoms with E-state index in [0.29, 0.717) is 37.6 Å². The third-order valence-corrected chi connectivity index (χ3v) is 4.79. The van der Waals surface area contributed by atoms with E-state index < -0.39 is 0 Å². The summed E-state index contributed by atoms with van der Waals surface area (Å²) in [4.78, 5) is 39.4. The molecule has 0 unspecified atom stereocenters. The van der Waals surface area contributed by atoms with Gasteiger partial charge in [0.2, 0.25) is 11.8 Å². The van der Waals surface area contributed by atoms with Crippen molar-refractivity contribution < 1.29 is 14.4 Å². The van der Waals surface area contributed by atoms with E-state index in [1.165, 1.54) is 11.3 Å². The Bertz CT molecular complexity index is 562. The molecule has 1 N–H and O–H groups in total. The Balaban J connectivity index is 1.71. The number of aryl methyl sites for hydroxylation is 1. The van der Waals surface area contributed by atoms with Crippen LogP contribution in [-0.2, 0) is 9.59 Å². The highest BCUT2D eigenvalue weighted by Gasteiger charge is 2.22. The maximum atomic E-state index is 12.1. The van der Waals surface area contributed by atoms with Gasteiger partial charge in [0, 0.05) is 46.1 Å². The van der Waals surface area contributed by atoms with Crippen LogP contribution < -0.4 is 5.32 Å². The Morgan fingerprint density at radius 2 is 1.82 bits per heavy atom. The molecule has 7 heteroatoms. The zero-order valence-electron chi connectivity index (χ0n) is 12.9. The second-order valence-corrected chi connectivity index (χ2v) is 6.24. The first-order chi connectivity index (χ1) is 10.5. The van der Waals surface area contributed by atoms with E-state index in [2.05, 4.69) is 5.32 Å². The number of nitrogens with zero attached hydrogens (tertiary/aromatic N) is 2. The van der Waals surface area contributed by atoms with Gasteiger partial charge in [0.15, 0.2) is 0 Å². The van der Waals surface area contributed by atoms with Gasteiger partial charge in [-0.1, -0.05) is 0 Å². The van der Waals surface area contributed by atoms with Gasteiger partial charge >= 0.3 is 0 Å². The molecule has 120 valence electrons. The van der Waals surface area contributed by atoms with Crippen LogP contribution in [0.2, 0.25) is 0 Å². The number of hydrogen-bond donors (Lipinski definition) is 1. The Morgan fingerprint density at radius 1 is 1.18 bits per heavy atom. The number of rotatable bonds is 4. The van der Waals surface area contributed by atoms with Gasteiger partial charge in [0.25, 0.3) is 5.91 Å². The molecule has 1 aliphatic rings. The molecular formula is C15H21N3O3S. The minimum atomic E-state index is -0.123. The third-order valence-electron chi connectivity index (χ3n) is 3.77. The molecule has 1 aromatic rings. The lowest BCUT2D eigenvalue weighted by Crippen LogP contribution is -2.50. The van der Waals surface area contributed by atoms with Gasteiger partial charge in [0.05, 0.1) is 4.88 Å². The highest BCUT2D eigenvalue weighted by Crippen LogP contribution is 2.14. The largest absolute Gasteiger partial charge is 0.351 e. The first kappa shape index (κ1) is 16.5. The lowest BCUT2D eigenvalue weighted by Gasteiger charge is -2.34. The fourth-order valence-electron chi connectivity index (χ4n) is 2.40. The van der Waals surface area contributed by atoms with Crippen molar-refractivity contribution in [3.05, 3.63) is 21.9 Å². The molecule has 0 saturated carbocycles. The van der Waals surface area contributed by atoms with Crippen LogP contribution in [0, 0.1) is 6.92 Å². The zero-order chi connectivity index (χ0) is 16.1. The van der Waals surface area contributed by atoms with Crippen LogP contribution in [0.3, 0.4) is 0 Å². The van der Waals surface area contributed by atoms with Crippen molar-refractivity contribution in [2.24, 2.45) is 0 Å². The molecule has 3 amide bonds. The summed E-state index contributed by atoms with van der Waals surface area (Å²) < 4.78 is 0. The number of amides is 3. The summed E-state index contributed by atoms with van der Waals surface area (Å²) in [7, 11) is 0. The Labute approximate surface area is 134 Å². The number of nitrogens with one attached hydrogen (secondary N) is 1. The average molecular weight is 323 g/mol. The van der Waals surface area contributed by atoms with Gasteiger partial charge in [-0.2, -0.15) is 0 Å². The zero-order valence-corrected chi connectivity index (χ0v) is 13.7. The smallest absolute Gasteiger partial charge is 0.261 e. The molecule has 22 heavy (non-hydrogen) atoms. The molecule has 6 nitrogen and oxygen atoms in total. The molecule has 2 rings (SSSR count). The number of thiophene rings is 1. The fraction of sp³-hybridized carbons (Fsp3) is 0.533. The molecule has 1 saturated heterocycles. The highest BCUT2D eigenvalue weighted by molar-refractivity contribution is 7.12. The van der Waals surface area contributed by atoms with E-state index >= 15 is 0 Å². The molecule has 0 radical (unpaired) electrons. The van der Waals surface area contributed by atoms with Crippen molar-refractivity contribution in [2.75, 3.05) is 32.7 Å². The summed E-state index contributed by atoms with van der Waals surface area (Å²) in [5, 5.41) is 4.66. The second-order valence-electron chi connectivity index (χ2n) is 5.33. The molecule has 0 bridgehead atoms. The van der Waals surface area contributed by atoms with E-state index in [4.69, 9.17) is 0 Å². The predicted molar refractivity (Wildman–Crippen MR) is 84.8 cm³/mol. The van der Waals surface area contributed by atoms with Crippen LogP contribution in [0.5, 0.6) is 0 Å². The minimum Gasteiger partial charge on any atom is -0.351 e. The summed E-state index contributed by atoms with van der Waals surface area (Å²) >= 11 is 1.40. The van der Waals surface area contributed by atoms with Crippen LogP contribution >= 0.6 is 11.3 Å². The topological polar surface area (TPSA) is 69.7 Å². The van der Waals surface area contributed by atoms with Crippen molar-refractivity contribution in [1.29, 1.82) is 0 Å². The number of piperazine rings is 1. The van der Waals surface area contributed by atoms with Crippen LogP contribution in [0.1, 0.15) is 28.6 Å². The molecule has 0 spiro atoms. The van der Waals surface area contributed by atoms with E-state index in [-0.39, 0.29) is 24.1 Å². The summed E-state index contributed by atoms with van der Waals surface area (Å²) in [5.41, 5.74) is 0.953. The predicted octanol–water partition coefficient (Wildman–Crippen LogP) is 0.867. The molecule has 0 atom stereocenters. The molecule has 1 fully saturated rings. The van der Waals surface area contributed by atoms with Crippen molar-refractivity contribution in [3.8, 4) is 0 Å². The molecule has 0 aliphatic carbocycles. The lowest BCUT2D eigenvalue weighted by atomic mass is 10.2. The average Bonchev–Trinajstić information content (AvgIpc) is 2.93. The Morgan fingerprint density at radius 3 is 2.36 bits per heavy atom. The van der Waals surface area contributed by atoms with Crippen LogP contribution in [0.15, 0.2) is 11.4 Å². The van der Waals surface area contributed by atoms with Crippen LogP contribution in [0.25, 0.3) is 0 Å². The standard InChI is InChI=1S/C15H21N3O3S/c1-11-4-10-22-14(11)15(21)16-5-3-13(20)18-8-6-17(7-9-18)12(2)19/h4,10H,3,5-9H2,1-2H3,(H,16,21). The van der Waals surface area contributed by atoms with Crippen molar-refractivity contribution in [2.45, 2.75) is 20.3 Å². The van der Waals surface area contributed by atoms with E-state index in [1.807, 2.05) is 18.4 Å². The highest BCUT2D eigenvalue weighted by atomic mass is 32.1. The number of carbonyl (C=O) groups is 3. The van der Waals surface area contributed by atoms with Gasteiger partial charge in [-0.15, -0.1) is 11.3 Å². The number of hydrogen-bond acceptors (Lipinski definition) is 4. The maximum Gasteiger partial charge on any atom is 0.261 e. The minimum absolute atomic E-state index is 0.0198. The first-order valence-electron chi connectivity index (χ1n) is 7.34. The quantitative estimate of drug-likeness (QED) is 0.894. The van der Waals surface area contributed by atoms with Gasteiger partial charge in [-0.25, -0.2) is 0 Å².